The zero-order chi connectivity index (χ0) is 23.3. The lowest BCUT2D eigenvalue weighted by molar-refractivity contribution is -0.139. The molecule has 0 saturated heterocycles. The Kier molecular flexibility index (Phi) is 6.73. The van der Waals surface area contributed by atoms with Crippen molar-refractivity contribution >= 4 is 17.6 Å². The number of phenolic OH excluding ortho intramolecular Hbond substituents is 1. The number of nitrogens with two attached hydrogens (primary N) is 1. The monoisotopic (exact) mass is 443 g/mol. The van der Waals surface area contributed by atoms with Crippen molar-refractivity contribution in [3.63, 3.8) is 0 Å². The van der Waals surface area contributed by atoms with E-state index in [2.05, 4.69) is 0 Å². The normalized spacial score (nSPS) is 11.8. The minimum Gasteiger partial charge on any atom is -0.504 e. The third-order valence-electron chi connectivity index (χ3n) is 4.66. The largest absolute Gasteiger partial charge is 0.504 e. The molecule has 0 aliphatic heterocycles. The first-order valence-corrected chi connectivity index (χ1v) is 9.46. The van der Waals surface area contributed by atoms with Crippen LogP contribution in [-0.2, 0) is 17.6 Å². The number of ether oxygens (including phenoxy) is 2. The van der Waals surface area contributed by atoms with Gasteiger partial charge >= 0.3 is 6.18 Å². The summed E-state index contributed by atoms with van der Waals surface area (Å²) in [6, 6.07) is 16.1. The number of amides is 1. The second-order valence-electron chi connectivity index (χ2n) is 6.79. The second kappa shape index (κ2) is 9.47. The molecule has 0 aromatic heterocycles. The fourth-order valence-electron chi connectivity index (χ4n) is 3.14. The molecule has 3 aromatic carbocycles. The molecule has 0 atom stereocenters. The minimum absolute atomic E-state index is 0.109. The SMILES string of the molecule is COc1ccc(/C=C(/C(N)=O)c2ccccc2COc2ccccc2C(F)(F)F)cc1O. The Hall–Kier alpha value is -3.94. The molecule has 5 nitrogen and oxygen atoms in total. The summed E-state index contributed by atoms with van der Waals surface area (Å²) in [6.07, 6.45) is -3.09. The smallest absolute Gasteiger partial charge is 0.419 e. The number of hydrogen-bond donors (Lipinski definition) is 2. The van der Waals surface area contributed by atoms with Crippen molar-refractivity contribution in [2.75, 3.05) is 7.11 Å². The quantitative estimate of drug-likeness (QED) is 0.397. The minimum atomic E-state index is -4.56. The van der Waals surface area contributed by atoms with E-state index in [-0.39, 0.29) is 29.4 Å². The van der Waals surface area contributed by atoms with Gasteiger partial charge in [0.15, 0.2) is 11.5 Å². The van der Waals surface area contributed by atoms with Crippen LogP contribution in [0.3, 0.4) is 0 Å². The van der Waals surface area contributed by atoms with E-state index in [1.807, 2.05) is 0 Å². The van der Waals surface area contributed by atoms with E-state index in [0.29, 0.717) is 16.7 Å². The molecule has 3 rings (SSSR count). The number of carbonyl (C=O) groups excluding carboxylic acids is 1. The van der Waals surface area contributed by atoms with Crippen LogP contribution < -0.4 is 15.2 Å². The van der Waals surface area contributed by atoms with Gasteiger partial charge in [0.1, 0.15) is 12.4 Å². The lowest BCUT2D eigenvalue weighted by Crippen LogP contribution is -2.15. The van der Waals surface area contributed by atoms with Gasteiger partial charge in [-0.2, -0.15) is 13.2 Å². The molecule has 3 aromatic rings. The number of para-hydroxylation sites is 1. The van der Waals surface area contributed by atoms with E-state index < -0.39 is 17.6 Å². The van der Waals surface area contributed by atoms with Gasteiger partial charge in [0, 0.05) is 5.57 Å². The van der Waals surface area contributed by atoms with E-state index in [1.54, 1.807) is 30.3 Å². The first kappa shape index (κ1) is 22.7. The molecule has 32 heavy (non-hydrogen) atoms. The predicted octanol–water partition coefficient (Wildman–Crippen LogP) is 5.02. The number of carbonyl (C=O) groups is 1. The fraction of sp³-hybridized carbons (Fsp3) is 0.125. The van der Waals surface area contributed by atoms with Crippen LogP contribution in [-0.4, -0.2) is 18.1 Å². The predicted molar refractivity (Wildman–Crippen MR) is 114 cm³/mol. The maximum Gasteiger partial charge on any atom is 0.419 e. The second-order valence-corrected chi connectivity index (χ2v) is 6.79. The van der Waals surface area contributed by atoms with Gasteiger partial charge < -0.3 is 20.3 Å². The number of primary amides is 1. The van der Waals surface area contributed by atoms with Crippen molar-refractivity contribution in [2.24, 2.45) is 5.73 Å². The number of hydrogen-bond acceptors (Lipinski definition) is 4. The Morgan fingerprint density at radius 1 is 1.03 bits per heavy atom. The Morgan fingerprint density at radius 2 is 1.72 bits per heavy atom. The third kappa shape index (κ3) is 5.21. The van der Waals surface area contributed by atoms with Gasteiger partial charge in [0.2, 0.25) is 5.91 Å². The summed E-state index contributed by atoms with van der Waals surface area (Å²) in [5.41, 5.74) is 6.15. The molecule has 0 saturated carbocycles. The first-order valence-electron chi connectivity index (χ1n) is 9.46. The highest BCUT2D eigenvalue weighted by Crippen LogP contribution is 2.36. The lowest BCUT2D eigenvalue weighted by Gasteiger charge is -2.16. The highest BCUT2D eigenvalue weighted by Gasteiger charge is 2.34. The lowest BCUT2D eigenvalue weighted by atomic mass is 9.97. The fourth-order valence-corrected chi connectivity index (χ4v) is 3.14. The average molecular weight is 443 g/mol. The molecule has 0 bridgehead atoms. The molecule has 1 amide bonds. The Labute approximate surface area is 182 Å². The maximum atomic E-state index is 13.2. The van der Waals surface area contributed by atoms with Crippen molar-refractivity contribution in [1.82, 2.24) is 0 Å². The highest BCUT2D eigenvalue weighted by atomic mass is 19.4. The molecule has 0 aliphatic rings. The average Bonchev–Trinajstić information content (AvgIpc) is 2.76. The number of rotatable bonds is 7. The molecule has 0 heterocycles. The zero-order valence-corrected chi connectivity index (χ0v) is 17.0. The summed E-state index contributed by atoms with van der Waals surface area (Å²) in [4.78, 5) is 12.2. The van der Waals surface area contributed by atoms with Crippen molar-refractivity contribution in [3.05, 3.63) is 89.0 Å². The van der Waals surface area contributed by atoms with Gasteiger partial charge in [-0.05, 0) is 47.0 Å². The van der Waals surface area contributed by atoms with E-state index in [4.69, 9.17) is 15.2 Å². The van der Waals surface area contributed by atoms with E-state index in [0.717, 1.165) is 6.07 Å². The molecule has 0 fully saturated rings. The zero-order valence-electron chi connectivity index (χ0n) is 17.0. The van der Waals surface area contributed by atoms with Gasteiger partial charge in [-0.15, -0.1) is 0 Å². The van der Waals surface area contributed by atoms with Gasteiger partial charge in [0.05, 0.1) is 12.7 Å². The van der Waals surface area contributed by atoms with Crippen LogP contribution in [0.2, 0.25) is 0 Å². The van der Waals surface area contributed by atoms with Crippen LogP contribution >= 0.6 is 0 Å². The summed E-state index contributed by atoms with van der Waals surface area (Å²) < 4.78 is 50.2. The molecule has 0 spiro atoms. The van der Waals surface area contributed by atoms with Crippen LogP contribution in [0.1, 0.15) is 22.3 Å². The Balaban J connectivity index is 1.96. The van der Waals surface area contributed by atoms with Crippen molar-refractivity contribution in [2.45, 2.75) is 12.8 Å². The van der Waals surface area contributed by atoms with Crippen LogP contribution in [0.25, 0.3) is 11.6 Å². The number of benzene rings is 3. The van der Waals surface area contributed by atoms with E-state index in [1.165, 1.54) is 43.5 Å². The summed E-state index contributed by atoms with van der Waals surface area (Å²) in [5, 5.41) is 9.99. The number of halogens is 3. The molecule has 0 unspecified atom stereocenters. The summed E-state index contributed by atoms with van der Waals surface area (Å²) >= 11 is 0. The number of aromatic hydroxyl groups is 1. The molecular formula is C24H20F3NO4. The van der Waals surface area contributed by atoms with Crippen LogP contribution in [0.4, 0.5) is 13.2 Å². The van der Waals surface area contributed by atoms with Crippen molar-refractivity contribution < 1.29 is 32.5 Å². The Morgan fingerprint density at radius 3 is 2.38 bits per heavy atom. The van der Waals surface area contributed by atoms with Crippen molar-refractivity contribution in [3.8, 4) is 17.2 Å². The van der Waals surface area contributed by atoms with Gasteiger partial charge in [-0.3, -0.25) is 4.79 Å². The molecule has 0 radical (unpaired) electrons. The van der Waals surface area contributed by atoms with Gasteiger partial charge in [-0.25, -0.2) is 0 Å². The standard InChI is InChI=1S/C24H20F3NO4/c1-31-22-11-10-15(13-20(22)29)12-18(23(28)30)17-7-3-2-6-16(17)14-32-21-9-5-4-8-19(21)24(25,26)27/h2-13,29H,14H2,1H3,(H2,28,30)/b18-12+. The Bertz CT molecular complexity index is 1160. The molecule has 166 valence electrons. The molecule has 0 aliphatic carbocycles. The molecule has 8 heteroatoms. The maximum absolute atomic E-state index is 13.2. The summed E-state index contributed by atoms with van der Waals surface area (Å²) in [6.45, 7) is -0.220. The highest BCUT2D eigenvalue weighted by molar-refractivity contribution is 6.23. The summed E-state index contributed by atoms with van der Waals surface area (Å²) in [7, 11) is 1.41. The van der Waals surface area contributed by atoms with Crippen molar-refractivity contribution in [1.29, 1.82) is 0 Å². The summed E-state index contributed by atoms with van der Waals surface area (Å²) in [5.74, 6) is -0.923. The van der Waals surface area contributed by atoms with Crippen LogP contribution in [0, 0.1) is 0 Å². The van der Waals surface area contributed by atoms with Gasteiger partial charge in [0.25, 0.3) is 0 Å². The first-order chi connectivity index (χ1) is 15.2. The number of phenols is 1. The van der Waals surface area contributed by atoms with Crippen LogP contribution in [0.5, 0.6) is 17.2 Å². The topological polar surface area (TPSA) is 81.8 Å². The third-order valence-corrected chi connectivity index (χ3v) is 4.66. The van der Waals surface area contributed by atoms with Crippen LogP contribution in [0.15, 0.2) is 66.7 Å². The number of alkyl halides is 3. The van der Waals surface area contributed by atoms with E-state index in [9.17, 15) is 23.1 Å². The molecular weight excluding hydrogens is 423 g/mol. The molecule has 3 N–H and O–H groups in total. The number of methoxy groups -OCH3 is 1. The van der Waals surface area contributed by atoms with Gasteiger partial charge in [-0.1, -0.05) is 42.5 Å². The van der Waals surface area contributed by atoms with E-state index >= 15 is 0 Å².